The molecule has 0 radical (unpaired) electrons. The van der Waals surface area contributed by atoms with Crippen molar-refractivity contribution in [2.24, 2.45) is 0 Å². The Morgan fingerprint density at radius 3 is 2.38 bits per heavy atom. The summed E-state index contributed by atoms with van der Waals surface area (Å²) in [5.74, 6) is 0. The lowest BCUT2D eigenvalue weighted by Crippen LogP contribution is -2.02. The van der Waals surface area contributed by atoms with Crippen molar-refractivity contribution in [3.63, 3.8) is 0 Å². The van der Waals surface area contributed by atoms with E-state index in [1.165, 1.54) is 11.1 Å². The predicted molar refractivity (Wildman–Crippen MR) is 68.3 cm³/mol. The van der Waals surface area contributed by atoms with Crippen molar-refractivity contribution in [1.82, 2.24) is 0 Å². The maximum Gasteiger partial charge on any atom is 0.505 e. The minimum atomic E-state index is -1.96. The molecule has 88 valence electrons. The van der Waals surface area contributed by atoms with Crippen LogP contribution in [0.2, 0.25) is 0 Å². The minimum Gasteiger partial charge on any atom is -0.385 e. The van der Waals surface area contributed by atoms with Gasteiger partial charge in [-0.25, -0.2) is 0 Å². The molecule has 0 aromatic heterocycles. The van der Waals surface area contributed by atoms with E-state index < -0.39 is 8.03 Å². The third kappa shape index (κ3) is 5.24. The first-order chi connectivity index (χ1) is 7.58. The van der Waals surface area contributed by atoms with E-state index in [4.69, 9.17) is 4.89 Å². The second-order valence-corrected chi connectivity index (χ2v) is 5.24. The topological polar surface area (TPSA) is 49.3 Å². The van der Waals surface area contributed by atoms with Crippen molar-refractivity contribution in [2.75, 3.05) is 18.0 Å². The van der Waals surface area contributed by atoms with Crippen LogP contribution in [-0.4, -0.2) is 17.6 Å². The Morgan fingerprint density at radius 2 is 1.81 bits per heavy atom. The van der Waals surface area contributed by atoms with Gasteiger partial charge in [0.1, 0.15) is 0 Å². The van der Waals surface area contributed by atoms with Gasteiger partial charge in [0.05, 0.1) is 0 Å². The average Bonchev–Trinajstić information content (AvgIpc) is 2.15. The number of hydrogen-bond acceptors (Lipinski definition) is 2. The predicted octanol–water partition coefficient (Wildman–Crippen LogP) is 3.23. The van der Waals surface area contributed by atoms with Gasteiger partial charge in [0.15, 0.2) is 6.16 Å². The third-order valence-corrected chi connectivity index (χ3v) is 3.03. The Bertz CT molecular complexity index is 346. The zero-order chi connectivity index (χ0) is 12.0. The number of nitrogens with one attached hydrogen (secondary N) is 1. The Kier molecular flexibility index (Phi) is 5.44. The molecular weight excluding hydrogens is 221 g/mol. The van der Waals surface area contributed by atoms with E-state index in [1.807, 2.05) is 0 Å². The lowest BCUT2D eigenvalue weighted by molar-refractivity contribution is 0.500. The third-order valence-electron chi connectivity index (χ3n) is 2.33. The summed E-state index contributed by atoms with van der Waals surface area (Å²) in [6.07, 6.45) is 2.13. The van der Waals surface area contributed by atoms with Crippen LogP contribution in [0.4, 0.5) is 5.69 Å². The molecule has 1 rings (SSSR count). The summed E-state index contributed by atoms with van der Waals surface area (Å²) in [7, 11) is -1.96. The Morgan fingerprint density at radius 1 is 1.19 bits per heavy atom. The highest BCUT2D eigenvalue weighted by Crippen LogP contribution is 2.16. The summed E-state index contributed by atoms with van der Waals surface area (Å²) in [4.78, 5) is 8.63. The van der Waals surface area contributed by atoms with E-state index in [-0.39, 0.29) is 0 Å². The zero-order valence-corrected chi connectivity index (χ0v) is 10.8. The van der Waals surface area contributed by atoms with E-state index in [9.17, 15) is 4.57 Å². The second-order valence-electron chi connectivity index (χ2n) is 4.09. The van der Waals surface area contributed by atoms with Crippen LogP contribution in [0.1, 0.15) is 24.0 Å². The van der Waals surface area contributed by atoms with Crippen LogP contribution in [0.15, 0.2) is 18.2 Å². The molecule has 0 heterocycles. The molecule has 0 aliphatic carbocycles. The molecule has 3 nitrogen and oxygen atoms in total. The van der Waals surface area contributed by atoms with Gasteiger partial charge in [0.2, 0.25) is 0 Å². The van der Waals surface area contributed by atoms with Gasteiger partial charge in [-0.05, 0) is 54.5 Å². The van der Waals surface area contributed by atoms with Gasteiger partial charge in [-0.15, -0.1) is 0 Å². The van der Waals surface area contributed by atoms with Crippen molar-refractivity contribution in [3.05, 3.63) is 29.3 Å². The summed E-state index contributed by atoms with van der Waals surface area (Å²) >= 11 is 0. The molecule has 1 aromatic carbocycles. The van der Waals surface area contributed by atoms with Crippen molar-refractivity contribution < 1.29 is 9.46 Å². The standard InChI is InChI=1S/C12H18NO2P/c1-10-7-11(2)9-12(8-10)13-5-3-4-6-16(14)15/h7-9,13H,3-6H2,1-2H3/p+1. The fourth-order valence-electron chi connectivity index (χ4n) is 1.68. The van der Waals surface area contributed by atoms with E-state index in [0.717, 1.165) is 25.1 Å². The highest BCUT2D eigenvalue weighted by Gasteiger charge is 2.07. The number of anilines is 1. The van der Waals surface area contributed by atoms with Gasteiger partial charge in [-0.2, -0.15) is 4.89 Å². The van der Waals surface area contributed by atoms with E-state index in [0.29, 0.717) is 6.16 Å². The molecule has 0 saturated carbocycles. The Hall–Kier alpha value is -0.920. The molecule has 0 bridgehead atoms. The van der Waals surface area contributed by atoms with E-state index in [2.05, 4.69) is 37.4 Å². The quantitative estimate of drug-likeness (QED) is 0.593. The van der Waals surface area contributed by atoms with Gasteiger partial charge in [0.25, 0.3) is 0 Å². The summed E-state index contributed by atoms with van der Waals surface area (Å²) in [5.41, 5.74) is 3.63. The van der Waals surface area contributed by atoms with Gasteiger partial charge in [-0.1, -0.05) is 6.07 Å². The smallest absolute Gasteiger partial charge is 0.385 e. The first kappa shape index (κ1) is 13.1. The molecule has 0 saturated heterocycles. The molecule has 0 aliphatic rings. The van der Waals surface area contributed by atoms with Crippen molar-refractivity contribution >= 4 is 13.7 Å². The van der Waals surface area contributed by atoms with Crippen LogP contribution in [-0.2, 0) is 4.57 Å². The summed E-state index contributed by atoms with van der Waals surface area (Å²) in [6.45, 7) is 5.01. The fourth-order valence-corrected chi connectivity index (χ4v) is 2.18. The van der Waals surface area contributed by atoms with Gasteiger partial charge >= 0.3 is 8.03 Å². The van der Waals surface area contributed by atoms with Crippen LogP contribution >= 0.6 is 8.03 Å². The van der Waals surface area contributed by atoms with Gasteiger partial charge in [-0.3, -0.25) is 0 Å². The largest absolute Gasteiger partial charge is 0.505 e. The van der Waals surface area contributed by atoms with Crippen molar-refractivity contribution in [1.29, 1.82) is 0 Å². The van der Waals surface area contributed by atoms with Crippen molar-refractivity contribution in [2.45, 2.75) is 26.7 Å². The molecule has 0 amide bonds. The number of aryl methyl sites for hydroxylation is 2. The zero-order valence-electron chi connectivity index (χ0n) is 9.86. The van der Waals surface area contributed by atoms with Crippen molar-refractivity contribution in [3.8, 4) is 0 Å². The molecule has 1 atom stereocenters. The molecule has 2 N–H and O–H groups in total. The molecule has 0 aliphatic heterocycles. The molecule has 0 fully saturated rings. The normalized spacial score (nSPS) is 11.3. The number of rotatable bonds is 6. The first-order valence-electron chi connectivity index (χ1n) is 5.53. The summed E-state index contributed by atoms with van der Waals surface area (Å²) < 4.78 is 10.4. The van der Waals surface area contributed by atoms with Crippen LogP contribution in [0.5, 0.6) is 0 Å². The van der Waals surface area contributed by atoms with Crippen LogP contribution in [0.25, 0.3) is 0 Å². The molecule has 1 aromatic rings. The first-order valence-corrected chi connectivity index (χ1v) is 6.93. The monoisotopic (exact) mass is 240 g/mol. The lowest BCUT2D eigenvalue weighted by atomic mass is 10.1. The number of unbranched alkanes of at least 4 members (excludes halogenated alkanes) is 1. The van der Waals surface area contributed by atoms with Gasteiger partial charge in [0, 0.05) is 12.2 Å². The van der Waals surface area contributed by atoms with Crippen LogP contribution < -0.4 is 5.32 Å². The molecule has 4 heteroatoms. The average molecular weight is 240 g/mol. The maximum atomic E-state index is 10.4. The lowest BCUT2D eigenvalue weighted by Gasteiger charge is -2.07. The minimum absolute atomic E-state index is 0.407. The van der Waals surface area contributed by atoms with Crippen LogP contribution in [0, 0.1) is 13.8 Å². The van der Waals surface area contributed by atoms with E-state index >= 15 is 0 Å². The molecular formula is C12H19NO2P+. The van der Waals surface area contributed by atoms with E-state index in [1.54, 1.807) is 0 Å². The highest BCUT2D eigenvalue weighted by molar-refractivity contribution is 7.37. The summed E-state index contributed by atoms with van der Waals surface area (Å²) in [6, 6.07) is 6.36. The maximum absolute atomic E-state index is 10.4. The number of hydrogen-bond donors (Lipinski definition) is 2. The molecule has 0 spiro atoms. The van der Waals surface area contributed by atoms with Gasteiger partial charge < -0.3 is 5.32 Å². The fraction of sp³-hybridized carbons (Fsp3) is 0.500. The number of benzene rings is 1. The molecule has 1 unspecified atom stereocenters. The highest BCUT2D eigenvalue weighted by atomic mass is 31.1. The summed E-state index contributed by atoms with van der Waals surface area (Å²) in [5, 5.41) is 3.32. The Labute approximate surface area is 97.8 Å². The molecule has 16 heavy (non-hydrogen) atoms. The Balaban J connectivity index is 2.29. The van der Waals surface area contributed by atoms with Crippen LogP contribution in [0.3, 0.4) is 0 Å². The second kappa shape index (κ2) is 6.62. The SMILES string of the molecule is Cc1cc(C)cc(NCCCC[P+](=O)O)c1.